The fraction of sp³-hybridized carbons (Fsp3) is 1.00. The van der Waals surface area contributed by atoms with Gasteiger partial charge in [-0.05, 0) is 32.1 Å². The highest BCUT2D eigenvalue weighted by Crippen LogP contribution is 2.28. The number of rotatable bonds is 3. The molecule has 17 heavy (non-hydrogen) atoms. The Balaban J connectivity index is 1.60. The van der Waals surface area contributed by atoms with Crippen LogP contribution in [0.2, 0.25) is 0 Å². The molecular weight excluding hydrogens is 214 g/mol. The van der Waals surface area contributed by atoms with E-state index in [4.69, 9.17) is 4.74 Å². The van der Waals surface area contributed by atoms with E-state index in [0.29, 0.717) is 12.3 Å². The molecule has 0 aromatic heterocycles. The maximum Gasteiger partial charge on any atom is 0.0826 e. The Morgan fingerprint density at radius 2 is 1.65 bits per heavy atom. The topological polar surface area (TPSA) is 19.0 Å². The number of ether oxygens (including phenoxy) is 1. The molecule has 3 aliphatic rings. The summed E-state index contributed by atoms with van der Waals surface area (Å²) in [5.74, 6) is 0. The van der Waals surface area contributed by atoms with Crippen molar-refractivity contribution in [3.8, 4) is 0 Å². The van der Waals surface area contributed by atoms with Crippen molar-refractivity contribution in [3.63, 3.8) is 0 Å². The van der Waals surface area contributed by atoms with Gasteiger partial charge in [-0.3, -0.25) is 4.90 Å². The number of hydrazine groups is 1. The summed E-state index contributed by atoms with van der Waals surface area (Å²) in [5, 5.41) is 5.26. The molecular formula is C13H25N3O. The van der Waals surface area contributed by atoms with Gasteiger partial charge in [-0.25, -0.2) is 10.0 Å². The Morgan fingerprint density at radius 3 is 2.35 bits per heavy atom. The largest absolute Gasteiger partial charge is 0.379 e. The fourth-order valence-corrected chi connectivity index (χ4v) is 3.42. The first kappa shape index (κ1) is 11.9. The number of methoxy groups -OCH3 is 1. The van der Waals surface area contributed by atoms with E-state index in [0.717, 1.165) is 13.1 Å². The molecule has 3 saturated heterocycles. The maximum absolute atomic E-state index is 5.39. The van der Waals surface area contributed by atoms with E-state index in [-0.39, 0.29) is 0 Å². The van der Waals surface area contributed by atoms with E-state index >= 15 is 0 Å². The zero-order valence-corrected chi connectivity index (χ0v) is 11.0. The van der Waals surface area contributed by atoms with Gasteiger partial charge in [0.1, 0.15) is 0 Å². The van der Waals surface area contributed by atoms with Crippen LogP contribution in [0.5, 0.6) is 0 Å². The Morgan fingerprint density at radius 1 is 0.941 bits per heavy atom. The molecule has 3 rings (SSSR count). The minimum Gasteiger partial charge on any atom is -0.379 e. The lowest BCUT2D eigenvalue weighted by Crippen LogP contribution is -2.64. The molecule has 0 aromatic carbocycles. The molecule has 0 aliphatic carbocycles. The standard InChI is InChI=1S/C13H25N3O/c1-17-12-10-14(11-12)13-6-2-3-9-16(13)15-7-4-5-8-15/h12-13H,2-11H2,1H3. The van der Waals surface area contributed by atoms with E-state index in [2.05, 4.69) is 14.9 Å². The Labute approximate surface area is 104 Å². The molecule has 3 aliphatic heterocycles. The molecule has 3 fully saturated rings. The third kappa shape index (κ3) is 2.36. The van der Waals surface area contributed by atoms with Gasteiger partial charge in [0.05, 0.1) is 12.3 Å². The predicted octanol–water partition coefficient (Wildman–Crippen LogP) is 1.14. The van der Waals surface area contributed by atoms with Crippen LogP contribution >= 0.6 is 0 Å². The molecule has 0 spiro atoms. The van der Waals surface area contributed by atoms with Crippen LogP contribution in [0.1, 0.15) is 32.1 Å². The normalized spacial score (nSPS) is 34.1. The first-order valence-electron chi connectivity index (χ1n) is 7.17. The monoisotopic (exact) mass is 239 g/mol. The molecule has 0 bridgehead atoms. The number of hydrogen-bond acceptors (Lipinski definition) is 4. The van der Waals surface area contributed by atoms with Crippen LogP contribution in [0.3, 0.4) is 0 Å². The first-order chi connectivity index (χ1) is 8.38. The molecule has 4 nitrogen and oxygen atoms in total. The lowest BCUT2D eigenvalue weighted by atomic mass is 10.0. The van der Waals surface area contributed by atoms with Crippen molar-refractivity contribution in [2.24, 2.45) is 0 Å². The molecule has 1 atom stereocenters. The van der Waals surface area contributed by atoms with Gasteiger partial charge >= 0.3 is 0 Å². The van der Waals surface area contributed by atoms with Crippen molar-refractivity contribution in [1.82, 2.24) is 14.9 Å². The highest BCUT2D eigenvalue weighted by atomic mass is 16.5. The van der Waals surface area contributed by atoms with Crippen LogP contribution in [0.4, 0.5) is 0 Å². The zero-order chi connectivity index (χ0) is 11.7. The van der Waals surface area contributed by atoms with Crippen LogP contribution in [0.15, 0.2) is 0 Å². The minimum absolute atomic E-state index is 0.484. The third-order valence-corrected chi connectivity index (χ3v) is 4.52. The Hall–Kier alpha value is -0.160. The summed E-state index contributed by atoms with van der Waals surface area (Å²) >= 11 is 0. The second kappa shape index (κ2) is 5.22. The van der Waals surface area contributed by atoms with E-state index in [1.165, 1.54) is 51.7 Å². The fourth-order valence-electron chi connectivity index (χ4n) is 3.42. The average molecular weight is 239 g/mol. The Bertz CT molecular complexity index is 249. The van der Waals surface area contributed by atoms with Gasteiger partial charge in [-0.15, -0.1) is 0 Å². The lowest BCUT2D eigenvalue weighted by molar-refractivity contribution is -0.164. The summed E-state index contributed by atoms with van der Waals surface area (Å²) in [7, 11) is 1.83. The average Bonchev–Trinajstić information content (AvgIpc) is 2.82. The van der Waals surface area contributed by atoms with Gasteiger partial charge < -0.3 is 4.74 Å². The van der Waals surface area contributed by atoms with E-state index in [1.54, 1.807) is 0 Å². The SMILES string of the molecule is COC1CN(C2CCCCN2N2CCCC2)C1. The molecule has 0 saturated carbocycles. The van der Waals surface area contributed by atoms with E-state index in [1.807, 2.05) is 7.11 Å². The van der Waals surface area contributed by atoms with Crippen molar-refractivity contribution in [2.75, 3.05) is 39.8 Å². The van der Waals surface area contributed by atoms with Crippen molar-refractivity contribution < 1.29 is 4.74 Å². The summed E-state index contributed by atoms with van der Waals surface area (Å²) in [4.78, 5) is 2.60. The molecule has 0 aromatic rings. The van der Waals surface area contributed by atoms with Gasteiger partial charge in [0.25, 0.3) is 0 Å². The molecule has 0 N–H and O–H groups in total. The smallest absolute Gasteiger partial charge is 0.0826 e. The van der Waals surface area contributed by atoms with Gasteiger partial charge in [-0.1, -0.05) is 0 Å². The van der Waals surface area contributed by atoms with E-state index in [9.17, 15) is 0 Å². The van der Waals surface area contributed by atoms with Crippen molar-refractivity contribution >= 4 is 0 Å². The summed E-state index contributed by atoms with van der Waals surface area (Å²) in [6, 6.07) is 0. The van der Waals surface area contributed by atoms with Crippen LogP contribution in [0, 0.1) is 0 Å². The second-order valence-corrected chi connectivity index (χ2v) is 5.61. The van der Waals surface area contributed by atoms with Crippen molar-refractivity contribution in [1.29, 1.82) is 0 Å². The van der Waals surface area contributed by atoms with Crippen LogP contribution < -0.4 is 0 Å². The first-order valence-corrected chi connectivity index (χ1v) is 7.17. The van der Waals surface area contributed by atoms with Crippen LogP contribution in [-0.4, -0.2) is 67.0 Å². The molecule has 3 heterocycles. The highest BCUT2D eigenvalue weighted by Gasteiger charge is 2.38. The predicted molar refractivity (Wildman–Crippen MR) is 67.5 cm³/mol. The third-order valence-electron chi connectivity index (χ3n) is 4.52. The molecule has 0 radical (unpaired) electrons. The number of nitrogens with zero attached hydrogens (tertiary/aromatic N) is 3. The quantitative estimate of drug-likeness (QED) is 0.735. The summed E-state index contributed by atoms with van der Waals surface area (Å²) in [6.07, 6.45) is 8.00. The molecule has 1 unspecified atom stereocenters. The van der Waals surface area contributed by atoms with Gasteiger partial charge in [-0.2, -0.15) is 0 Å². The van der Waals surface area contributed by atoms with Crippen molar-refractivity contribution in [2.45, 2.75) is 44.4 Å². The van der Waals surface area contributed by atoms with Gasteiger partial charge in [0.15, 0.2) is 0 Å². The molecule has 0 amide bonds. The van der Waals surface area contributed by atoms with Gasteiger partial charge in [0.2, 0.25) is 0 Å². The second-order valence-electron chi connectivity index (χ2n) is 5.61. The van der Waals surface area contributed by atoms with Gasteiger partial charge in [0, 0.05) is 39.8 Å². The van der Waals surface area contributed by atoms with Crippen LogP contribution in [-0.2, 0) is 4.74 Å². The minimum atomic E-state index is 0.484. The van der Waals surface area contributed by atoms with Crippen molar-refractivity contribution in [3.05, 3.63) is 0 Å². The zero-order valence-electron chi connectivity index (χ0n) is 11.0. The highest BCUT2D eigenvalue weighted by molar-refractivity contribution is 4.88. The molecule has 4 heteroatoms. The lowest BCUT2D eigenvalue weighted by Gasteiger charge is -2.51. The summed E-state index contributed by atoms with van der Waals surface area (Å²) in [5.41, 5.74) is 0. The van der Waals surface area contributed by atoms with Crippen LogP contribution in [0.25, 0.3) is 0 Å². The number of likely N-dealkylation sites (tertiary alicyclic amines) is 1. The molecule has 98 valence electrons. The number of piperidine rings is 1. The maximum atomic E-state index is 5.39. The van der Waals surface area contributed by atoms with E-state index < -0.39 is 0 Å². The summed E-state index contributed by atoms with van der Waals surface area (Å²) in [6.45, 7) is 6.08. The summed E-state index contributed by atoms with van der Waals surface area (Å²) < 4.78 is 5.39. The number of hydrogen-bond donors (Lipinski definition) is 0. The Kier molecular flexibility index (Phi) is 3.66.